The number of hydrogen-bond donors (Lipinski definition) is 2. The highest BCUT2D eigenvalue weighted by Gasteiger charge is 2.45. The van der Waals surface area contributed by atoms with Crippen LogP contribution in [0.2, 0.25) is 0 Å². The van der Waals surface area contributed by atoms with Crippen molar-refractivity contribution in [3.63, 3.8) is 0 Å². The number of benzene rings is 3. The summed E-state index contributed by atoms with van der Waals surface area (Å²) in [4.78, 5) is 28.0. The number of sulfonamides is 1. The van der Waals surface area contributed by atoms with E-state index >= 15 is 0 Å². The monoisotopic (exact) mass is 687 g/mol. The molecule has 0 radical (unpaired) electrons. The first-order valence-corrected chi connectivity index (χ1v) is 15.7. The van der Waals surface area contributed by atoms with Crippen molar-refractivity contribution in [1.82, 2.24) is 10.2 Å². The Morgan fingerprint density at radius 3 is 2.09 bits per heavy atom. The maximum atomic E-state index is 13.6. The molecule has 254 valence electrons. The van der Waals surface area contributed by atoms with Gasteiger partial charge in [0.1, 0.15) is 12.4 Å². The van der Waals surface area contributed by atoms with E-state index in [0.717, 1.165) is 12.1 Å². The average Bonchev–Trinajstić information content (AvgIpc) is 3.42. The lowest BCUT2D eigenvalue weighted by Gasteiger charge is -2.25. The van der Waals surface area contributed by atoms with Crippen LogP contribution in [0, 0.1) is 11.8 Å². The van der Waals surface area contributed by atoms with Crippen LogP contribution in [0.5, 0.6) is 5.75 Å². The predicted molar refractivity (Wildman–Crippen MR) is 157 cm³/mol. The first-order chi connectivity index (χ1) is 21.9. The highest BCUT2D eigenvalue weighted by Crippen LogP contribution is 2.37. The van der Waals surface area contributed by atoms with Crippen LogP contribution in [0.3, 0.4) is 0 Å². The number of alkyl halides is 6. The third-order valence-corrected chi connectivity index (χ3v) is 8.50. The number of carbonyl (C=O) groups is 2. The van der Waals surface area contributed by atoms with Gasteiger partial charge in [0.05, 0.1) is 22.8 Å². The van der Waals surface area contributed by atoms with E-state index in [9.17, 15) is 44.3 Å². The number of amides is 2. The van der Waals surface area contributed by atoms with Crippen molar-refractivity contribution in [2.24, 2.45) is 17.0 Å². The molecule has 1 aliphatic rings. The second-order valence-corrected chi connectivity index (χ2v) is 12.6. The smallest absolute Gasteiger partial charge is 0.406 e. The minimum atomic E-state index is -4.87. The Kier molecular flexibility index (Phi) is 10.9. The summed E-state index contributed by atoms with van der Waals surface area (Å²) in [5.74, 6) is -3.62. The lowest BCUT2D eigenvalue weighted by Crippen LogP contribution is -2.40. The Bertz CT molecular complexity index is 1660. The molecule has 1 unspecified atom stereocenters. The third kappa shape index (κ3) is 10.2. The molecule has 3 N–H and O–H groups in total. The van der Waals surface area contributed by atoms with Crippen LogP contribution >= 0.6 is 0 Å². The van der Waals surface area contributed by atoms with Crippen LogP contribution in [0.1, 0.15) is 24.0 Å². The zero-order valence-electron chi connectivity index (χ0n) is 24.8. The molecule has 47 heavy (non-hydrogen) atoms. The Hall–Kier alpha value is -4.15. The van der Waals surface area contributed by atoms with Crippen LogP contribution in [0.15, 0.2) is 77.7 Å². The summed E-state index contributed by atoms with van der Waals surface area (Å²) in [5.41, 5.74) is 2.03. The van der Waals surface area contributed by atoms with E-state index in [0.29, 0.717) is 22.3 Å². The summed E-state index contributed by atoms with van der Waals surface area (Å²) in [6, 6.07) is 17.6. The molecule has 16 heteroatoms. The summed E-state index contributed by atoms with van der Waals surface area (Å²) in [7, 11) is -2.51. The number of nitrogens with zero attached hydrogens (tertiary/aromatic N) is 1. The second-order valence-electron chi connectivity index (χ2n) is 11.1. The fourth-order valence-corrected chi connectivity index (χ4v) is 6.17. The van der Waals surface area contributed by atoms with Gasteiger partial charge >= 0.3 is 12.5 Å². The number of halogens is 6. The lowest BCUT2D eigenvalue weighted by atomic mass is 9.93. The predicted octanol–water partition coefficient (Wildman–Crippen LogP) is 5.15. The van der Waals surface area contributed by atoms with E-state index in [-0.39, 0.29) is 30.8 Å². The van der Waals surface area contributed by atoms with E-state index in [4.69, 9.17) is 9.88 Å². The van der Waals surface area contributed by atoms with Gasteiger partial charge in [-0.2, -0.15) is 13.2 Å². The molecule has 0 aliphatic heterocycles. The van der Waals surface area contributed by atoms with Gasteiger partial charge in [-0.05, 0) is 47.7 Å². The molecule has 3 atom stereocenters. The summed E-state index contributed by atoms with van der Waals surface area (Å²) < 4.78 is 109. The van der Waals surface area contributed by atoms with Crippen molar-refractivity contribution in [3.05, 3.63) is 83.9 Å². The fourth-order valence-electron chi connectivity index (χ4n) is 5.41. The van der Waals surface area contributed by atoms with Gasteiger partial charge in [-0.1, -0.05) is 54.6 Å². The molecule has 0 saturated heterocycles. The van der Waals surface area contributed by atoms with Gasteiger partial charge in [0.2, 0.25) is 21.8 Å². The van der Waals surface area contributed by atoms with E-state index in [2.05, 4.69) is 10.1 Å². The molecule has 1 fully saturated rings. The van der Waals surface area contributed by atoms with Gasteiger partial charge in [0, 0.05) is 25.7 Å². The van der Waals surface area contributed by atoms with Crippen molar-refractivity contribution >= 4 is 21.8 Å². The molecule has 3 aromatic rings. The van der Waals surface area contributed by atoms with Gasteiger partial charge in [-0.3, -0.25) is 9.59 Å². The van der Waals surface area contributed by atoms with Gasteiger partial charge < -0.3 is 19.7 Å². The standard InChI is InChI=1S/C31H31F6N3O6S/c1-40(17-20-6-10-21(11-7-20)24-4-2-3-5-27(24)47(38,43)44)29(42)26-15-23(45-18-30(32,33)34)14-25(26)28(41)39-16-19-8-12-22(13-9-19)46-31(35,36)37/h2-13,23,25-26H,14-18H2,1H3,(H,39,41)(H2,38,43,44)/t23?,25-,26-/m1/s1. The topological polar surface area (TPSA) is 128 Å². The van der Waals surface area contributed by atoms with Gasteiger partial charge in [0.25, 0.3) is 0 Å². The average molecular weight is 688 g/mol. The molecule has 9 nitrogen and oxygen atoms in total. The first kappa shape index (κ1) is 35.7. The number of hydrogen-bond acceptors (Lipinski definition) is 6. The Morgan fingerprint density at radius 1 is 0.894 bits per heavy atom. The number of nitrogens with two attached hydrogens (primary N) is 1. The van der Waals surface area contributed by atoms with Crippen LogP contribution in [-0.2, 0) is 37.4 Å². The number of primary sulfonamides is 1. The highest BCUT2D eigenvalue weighted by molar-refractivity contribution is 7.89. The minimum Gasteiger partial charge on any atom is -0.406 e. The number of rotatable bonds is 11. The first-order valence-electron chi connectivity index (χ1n) is 14.2. The molecule has 0 heterocycles. The number of ether oxygens (including phenoxy) is 2. The Labute approximate surface area is 266 Å². The Morgan fingerprint density at radius 2 is 1.49 bits per heavy atom. The summed E-state index contributed by atoms with van der Waals surface area (Å²) in [6.07, 6.45) is -10.8. The number of nitrogens with one attached hydrogen (secondary N) is 1. The highest BCUT2D eigenvalue weighted by atomic mass is 32.2. The molecular weight excluding hydrogens is 656 g/mol. The normalized spacial score (nSPS) is 18.5. The van der Waals surface area contributed by atoms with Crippen LogP contribution in [0.4, 0.5) is 26.3 Å². The van der Waals surface area contributed by atoms with Gasteiger partial charge in [-0.15, -0.1) is 13.2 Å². The Balaban J connectivity index is 1.44. The molecule has 3 aromatic carbocycles. The maximum Gasteiger partial charge on any atom is 0.573 e. The molecular formula is C31H31F6N3O6S. The van der Waals surface area contributed by atoms with E-state index in [1.165, 1.54) is 30.1 Å². The van der Waals surface area contributed by atoms with Gasteiger partial charge in [-0.25, -0.2) is 13.6 Å². The molecule has 2 amide bonds. The SMILES string of the molecule is CN(Cc1ccc(-c2ccccc2S(N)(=O)=O)cc1)C(=O)[C@@H]1CC(OCC(F)(F)F)C[C@H]1C(=O)NCc1ccc(OC(F)(F)F)cc1. The molecule has 1 saturated carbocycles. The van der Waals surface area contributed by atoms with Crippen molar-refractivity contribution in [1.29, 1.82) is 0 Å². The maximum absolute atomic E-state index is 13.6. The molecule has 1 aliphatic carbocycles. The zero-order chi connectivity index (χ0) is 34.6. The van der Waals surface area contributed by atoms with Crippen LogP contribution in [0.25, 0.3) is 11.1 Å². The summed E-state index contributed by atoms with van der Waals surface area (Å²) in [6.45, 7) is -1.59. The van der Waals surface area contributed by atoms with Crippen LogP contribution < -0.4 is 15.2 Å². The van der Waals surface area contributed by atoms with Crippen molar-refractivity contribution in [2.75, 3.05) is 13.7 Å². The van der Waals surface area contributed by atoms with Crippen molar-refractivity contribution in [3.8, 4) is 16.9 Å². The quantitative estimate of drug-likeness (QED) is 0.269. The zero-order valence-corrected chi connectivity index (χ0v) is 25.7. The van der Waals surface area contributed by atoms with Crippen molar-refractivity contribution in [2.45, 2.75) is 49.5 Å². The van der Waals surface area contributed by atoms with E-state index in [1.807, 2.05) is 0 Å². The van der Waals surface area contributed by atoms with Crippen LogP contribution in [-0.4, -0.2) is 57.4 Å². The number of carbonyl (C=O) groups excluding carboxylic acids is 2. The largest absolute Gasteiger partial charge is 0.573 e. The lowest BCUT2D eigenvalue weighted by molar-refractivity contribution is -0.274. The second kappa shape index (κ2) is 14.3. The van der Waals surface area contributed by atoms with E-state index < -0.39 is 64.7 Å². The summed E-state index contributed by atoms with van der Waals surface area (Å²) in [5, 5.41) is 7.94. The van der Waals surface area contributed by atoms with E-state index in [1.54, 1.807) is 42.5 Å². The third-order valence-electron chi connectivity index (χ3n) is 7.53. The molecule has 0 bridgehead atoms. The fraction of sp³-hybridized carbons (Fsp3) is 0.355. The molecule has 0 aromatic heterocycles. The molecule has 4 rings (SSSR count). The minimum absolute atomic E-state index is 0.0552. The molecule has 0 spiro atoms. The van der Waals surface area contributed by atoms with Crippen molar-refractivity contribution < 1.29 is 53.8 Å². The van der Waals surface area contributed by atoms with Gasteiger partial charge in [0.15, 0.2) is 0 Å². The summed E-state index contributed by atoms with van der Waals surface area (Å²) >= 11 is 0.